The van der Waals surface area contributed by atoms with Crippen molar-refractivity contribution in [2.75, 3.05) is 5.43 Å². The number of aromatic hydroxyl groups is 2. The highest BCUT2D eigenvalue weighted by atomic mass is 16.3. The number of nitrogens with one attached hydrogen (secondary N) is 1. The van der Waals surface area contributed by atoms with E-state index in [2.05, 4.69) is 10.5 Å². The van der Waals surface area contributed by atoms with Crippen molar-refractivity contribution in [1.82, 2.24) is 0 Å². The summed E-state index contributed by atoms with van der Waals surface area (Å²) in [5, 5.41) is 24.1. The quantitative estimate of drug-likeness (QED) is 0.452. The number of anilines is 1. The Balaban J connectivity index is 2.24. The normalized spacial score (nSPS) is 11.2. The maximum Gasteiger partial charge on any atom is 0.144 e. The zero-order valence-electron chi connectivity index (χ0n) is 12.5. The Morgan fingerprint density at radius 3 is 2.48 bits per heavy atom. The summed E-state index contributed by atoms with van der Waals surface area (Å²) in [7, 11) is 0. The second-order valence-corrected chi connectivity index (χ2v) is 5.28. The summed E-state index contributed by atoms with van der Waals surface area (Å²) in [6.45, 7) is 5.96. The molecule has 0 aromatic heterocycles. The van der Waals surface area contributed by atoms with Gasteiger partial charge in [0.15, 0.2) is 0 Å². The molecule has 3 N–H and O–H groups in total. The summed E-state index contributed by atoms with van der Waals surface area (Å²) in [5.74, 6) is 0.618. The molecule has 0 fully saturated rings. The average molecular weight is 284 g/mol. The molecule has 110 valence electrons. The van der Waals surface area contributed by atoms with Crippen molar-refractivity contribution in [3.8, 4) is 11.5 Å². The first-order valence-electron chi connectivity index (χ1n) is 6.90. The zero-order chi connectivity index (χ0) is 15.4. The molecule has 2 rings (SSSR count). The van der Waals surface area contributed by atoms with Crippen molar-refractivity contribution in [2.24, 2.45) is 5.10 Å². The minimum atomic E-state index is 0.167. The van der Waals surface area contributed by atoms with Gasteiger partial charge in [-0.15, -0.1) is 0 Å². The number of nitrogens with zero attached hydrogens (tertiary/aromatic N) is 1. The lowest BCUT2D eigenvalue weighted by molar-refractivity contribution is 0.466. The van der Waals surface area contributed by atoms with Crippen LogP contribution in [0.15, 0.2) is 41.5 Å². The van der Waals surface area contributed by atoms with Crippen LogP contribution in [0.5, 0.6) is 11.5 Å². The average Bonchev–Trinajstić information content (AvgIpc) is 2.44. The van der Waals surface area contributed by atoms with Crippen molar-refractivity contribution in [3.05, 3.63) is 53.1 Å². The Kier molecular flexibility index (Phi) is 4.48. The third-order valence-corrected chi connectivity index (χ3v) is 3.36. The first-order valence-corrected chi connectivity index (χ1v) is 6.90. The Hall–Kier alpha value is -2.49. The highest BCUT2D eigenvalue weighted by molar-refractivity contribution is 5.84. The van der Waals surface area contributed by atoms with Gasteiger partial charge in [-0.2, -0.15) is 5.10 Å². The number of aryl methyl sites for hydroxylation is 1. The highest BCUT2D eigenvalue weighted by Crippen LogP contribution is 2.35. The van der Waals surface area contributed by atoms with Crippen molar-refractivity contribution >= 4 is 11.9 Å². The summed E-state index contributed by atoms with van der Waals surface area (Å²) in [4.78, 5) is 0. The summed E-state index contributed by atoms with van der Waals surface area (Å²) >= 11 is 0. The van der Waals surface area contributed by atoms with Gasteiger partial charge in [0.1, 0.15) is 17.2 Å². The summed E-state index contributed by atoms with van der Waals surface area (Å²) < 4.78 is 0. The van der Waals surface area contributed by atoms with Crippen LogP contribution >= 0.6 is 0 Å². The van der Waals surface area contributed by atoms with Crippen molar-refractivity contribution in [2.45, 2.75) is 26.7 Å². The smallest absolute Gasteiger partial charge is 0.144 e. The van der Waals surface area contributed by atoms with E-state index < -0.39 is 0 Å². The molecule has 0 saturated heterocycles. The molecule has 0 unspecified atom stereocenters. The number of benzene rings is 2. The third-order valence-electron chi connectivity index (χ3n) is 3.36. The van der Waals surface area contributed by atoms with Crippen LogP contribution in [0, 0.1) is 6.92 Å². The van der Waals surface area contributed by atoms with Crippen molar-refractivity contribution in [3.63, 3.8) is 0 Å². The summed E-state index contributed by atoms with van der Waals surface area (Å²) in [6.07, 6.45) is 1.52. The minimum Gasteiger partial charge on any atom is -0.507 e. The van der Waals surface area contributed by atoms with Crippen LogP contribution in [0.25, 0.3) is 0 Å². The molecule has 21 heavy (non-hydrogen) atoms. The molecule has 0 aliphatic rings. The van der Waals surface area contributed by atoms with E-state index in [0.717, 1.165) is 11.1 Å². The largest absolute Gasteiger partial charge is 0.507 e. The molecule has 4 nitrogen and oxygen atoms in total. The Morgan fingerprint density at radius 2 is 1.81 bits per heavy atom. The molecule has 0 amide bonds. The third kappa shape index (κ3) is 3.34. The van der Waals surface area contributed by atoms with Crippen LogP contribution in [0.1, 0.15) is 36.5 Å². The van der Waals surface area contributed by atoms with Gasteiger partial charge in [-0.05, 0) is 36.1 Å². The van der Waals surface area contributed by atoms with E-state index >= 15 is 0 Å². The Morgan fingerprint density at radius 1 is 1.10 bits per heavy atom. The predicted octanol–water partition coefficient (Wildman–Crippen LogP) is 3.98. The van der Waals surface area contributed by atoms with E-state index in [1.54, 1.807) is 18.2 Å². The second kappa shape index (κ2) is 6.31. The topological polar surface area (TPSA) is 64.8 Å². The predicted molar refractivity (Wildman–Crippen MR) is 86.3 cm³/mol. The fraction of sp³-hybridized carbons (Fsp3) is 0.235. The molecule has 0 aliphatic heterocycles. The van der Waals surface area contributed by atoms with Gasteiger partial charge < -0.3 is 10.2 Å². The van der Waals surface area contributed by atoms with Crippen LogP contribution in [-0.4, -0.2) is 16.4 Å². The standard InChI is InChI=1S/C17H20N2O2/c1-11(2)14-9-8-12(3)16(17(14)21)19-18-10-13-6-4-5-7-15(13)20/h4-11,19-21H,1-3H3/b18-10-. The van der Waals surface area contributed by atoms with Gasteiger partial charge in [-0.25, -0.2) is 0 Å². The fourth-order valence-electron chi connectivity index (χ4n) is 2.08. The minimum absolute atomic E-state index is 0.167. The van der Waals surface area contributed by atoms with Crippen molar-refractivity contribution < 1.29 is 10.2 Å². The first kappa shape index (κ1) is 14.9. The lowest BCUT2D eigenvalue weighted by Crippen LogP contribution is -1.98. The van der Waals surface area contributed by atoms with Gasteiger partial charge in [0.25, 0.3) is 0 Å². The van der Waals surface area contributed by atoms with Gasteiger partial charge in [0, 0.05) is 5.56 Å². The molecule has 0 radical (unpaired) electrons. The SMILES string of the molecule is Cc1ccc(C(C)C)c(O)c1N/N=C\c1ccccc1O. The number of phenolic OH excluding ortho intramolecular Hbond substituents is 2. The second-order valence-electron chi connectivity index (χ2n) is 5.28. The molecule has 2 aromatic rings. The Bertz CT molecular complexity index is 664. The maximum absolute atomic E-state index is 10.3. The molecule has 2 aromatic carbocycles. The monoisotopic (exact) mass is 284 g/mol. The number of hydrogen-bond acceptors (Lipinski definition) is 4. The van der Waals surface area contributed by atoms with Gasteiger partial charge >= 0.3 is 0 Å². The zero-order valence-corrected chi connectivity index (χ0v) is 12.5. The van der Waals surface area contributed by atoms with Crippen LogP contribution in [0.3, 0.4) is 0 Å². The van der Waals surface area contributed by atoms with Crippen LogP contribution in [-0.2, 0) is 0 Å². The molecule has 0 bridgehead atoms. The van der Waals surface area contributed by atoms with E-state index in [1.165, 1.54) is 6.21 Å². The molecule has 0 saturated carbocycles. The molecule has 0 atom stereocenters. The van der Waals surface area contributed by atoms with E-state index in [9.17, 15) is 10.2 Å². The summed E-state index contributed by atoms with van der Waals surface area (Å²) in [5.41, 5.74) is 5.85. The molecule has 4 heteroatoms. The van der Waals surface area contributed by atoms with Crippen molar-refractivity contribution in [1.29, 1.82) is 0 Å². The molecular formula is C17H20N2O2. The molecular weight excluding hydrogens is 264 g/mol. The van der Waals surface area contributed by atoms with Gasteiger partial charge in [0.2, 0.25) is 0 Å². The number of hydrazone groups is 1. The maximum atomic E-state index is 10.3. The first-order chi connectivity index (χ1) is 10.0. The van der Waals surface area contributed by atoms with Gasteiger partial charge in [0.05, 0.1) is 6.21 Å². The number of hydrogen-bond donors (Lipinski definition) is 3. The number of phenols is 2. The van der Waals surface area contributed by atoms with Crippen LogP contribution in [0.4, 0.5) is 5.69 Å². The van der Waals surface area contributed by atoms with Crippen LogP contribution < -0.4 is 5.43 Å². The van der Waals surface area contributed by atoms with E-state index in [1.807, 2.05) is 39.0 Å². The summed E-state index contributed by atoms with van der Waals surface area (Å²) in [6, 6.07) is 10.8. The number of rotatable bonds is 4. The fourth-order valence-corrected chi connectivity index (χ4v) is 2.08. The molecule has 0 spiro atoms. The highest BCUT2D eigenvalue weighted by Gasteiger charge is 2.12. The van der Waals surface area contributed by atoms with Crippen LogP contribution in [0.2, 0.25) is 0 Å². The van der Waals surface area contributed by atoms with E-state index in [0.29, 0.717) is 11.3 Å². The lowest BCUT2D eigenvalue weighted by Gasteiger charge is -2.14. The molecule has 0 aliphatic carbocycles. The van der Waals surface area contributed by atoms with E-state index in [-0.39, 0.29) is 17.4 Å². The van der Waals surface area contributed by atoms with E-state index in [4.69, 9.17) is 0 Å². The van der Waals surface area contributed by atoms with Gasteiger partial charge in [-0.1, -0.05) is 38.1 Å². The lowest BCUT2D eigenvalue weighted by atomic mass is 9.99. The number of para-hydroxylation sites is 1. The Labute approximate surface area is 124 Å². The van der Waals surface area contributed by atoms with Gasteiger partial charge in [-0.3, -0.25) is 5.43 Å². The molecule has 0 heterocycles.